The molecule has 2 aromatic rings. The lowest BCUT2D eigenvalue weighted by molar-refractivity contribution is 0.388. The SMILES string of the molecule is C=C(/C=C(\CCC)c1ccc(C)cc1CC1CCN(C(=C)CCC)C1)c1cccc(Cl)c1C. The Kier molecular flexibility index (Phi) is 9.03. The standard InChI is InChI=1S/C31H40ClN/c1-7-10-24(5)33-17-16-26(21-33)20-28-18-22(3)14-15-30(28)27(11-8-2)19-23(4)29-12-9-13-31(32)25(29)6/h9,12-15,18-19,26H,4-5,7-8,10-11,16-17,20-21H2,1-3,6H3/b27-19+. The van der Waals surface area contributed by atoms with Crippen molar-refractivity contribution in [1.29, 1.82) is 0 Å². The quantitative estimate of drug-likeness (QED) is 0.319. The predicted octanol–water partition coefficient (Wildman–Crippen LogP) is 9.03. The maximum absolute atomic E-state index is 6.39. The second-order valence-electron chi connectivity index (χ2n) is 9.64. The number of nitrogens with zero attached hydrogens (tertiary/aromatic N) is 1. The highest BCUT2D eigenvalue weighted by atomic mass is 35.5. The van der Waals surface area contributed by atoms with Crippen LogP contribution < -0.4 is 0 Å². The molecule has 3 rings (SSSR count). The topological polar surface area (TPSA) is 3.24 Å². The van der Waals surface area contributed by atoms with Crippen molar-refractivity contribution < 1.29 is 0 Å². The van der Waals surface area contributed by atoms with E-state index in [1.54, 1.807) is 0 Å². The Morgan fingerprint density at radius 1 is 1.06 bits per heavy atom. The van der Waals surface area contributed by atoms with Crippen LogP contribution in [-0.4, -0.2) is 18.0 Å². The number of halogens is 1. The molecular weight excluding hydrogens is 422 g/mol. The lowest BCUT2D eigenvalue weighted by Gasteiger charge is -2.22. The van der Waals surface area contributed by atoms with Crippen molar-refractivity contribution in [3.05, 3.63) is 94.2 Å². The van der Waals surface area contributed by atoms with Gasteiger partial charge in [-0.1, -0.05) is 93.4 Å². The fourth-order valence-electron chi connectivity index (χ4n) is 5.05. The fraction of sp³-hybridized carbons (Fsp3) is 0.419. The average molecular weight is 462 g/mol. The van der Waals surface area contributed by atoms with Crippen LogP contribution in [0.3, 0.4) is 0 Å². The van der Waals surface area contributed by atoms with E-state index in [0.29, 0.717) is 5.92 Å². The normalized spacial score (nSPS) is 16.3. The molecule has 0 amide bonds. The summed E-state index contributed by atoms with van der Waals surface area (Å²) in [5, 5.41) is 0.797. The van der Waals surface area contributed by atoms with Gasteiger partial charge in [-0.2, -0.15) is 0 Å². The summed E-state index contributed by atoms with van der Waals surface area (Å²) in [6.07, 6.45) is 9.09. The Bertz CT molecular complexity index is 1030. The highest BCUT2D eigenvalue weighted by Gasteiger charge is 2.24. The molecule has 0 spiro atoms. The van der Waals surface area contributed by atoms with Gasteiger partial charge in [0.15, 0.2) is 0 Å². The van der Waals surface area contributed by atoms with Crippen molar-refractivity contribution >= 4 is 22.7 Å². The maximum Gasteiger partial charge on any atom is 0.0441 e. The highest BCUT2D eigenvalue weighted by Crippen LogP contribution is 2.33. The van der Waals surface area contributed by atoms with Gasteiger partial charge in [0.05, 0.1) is 0 Å². The number of hydrogen-bond acceptors (Lipinski definition) is 1. The molecule has 0 N–H and O–H groups in total. The van der Waals surface area contributed by atoms with Crippen molar-refractivity contribution in [3.63, 3.8) is 0 Å². The molecule has 1 unspecified atom stereocenters. The van der Waals surface area contributed by atoms with Crippen molar-refractivity contribution in [2.45, 2.75) is 66.2 Å². The first-order valence-electron chi connectivity index (χ1n) is 12.5. The van der Waals surface area contributed by atoms with E-state index in [-0.39, 0.29) is 0 Å². The molecule has 1 atom stereocenters. The van der Waals surface area contributed by atoms with E-state index in [9.17, 15) is 0 Å². The van der Waals surface area contributed by atoms with Crippen LogP contribution in [0.5, 0.6) is 0 Å². The molecule has 176 valence electrons. The summed E-state index contributed by atoms with van der Waals surface area (Å²) in [4.78, 5) is 2.51. The molecular formula is C31H40ClN. The minimum Gasteiger partial charge on any atom is -0.375 e. The van der Waals surface area contributed by atoms with E-state index >= 15 is 0 Å². The summed E-state index contributed by atoms with van der Waals surface area (Å²) in [5.41, 5.74) is 10.1. The van der Waals surface area contributed by atoms with Crippen LogP contribution in [0.2, 0.25) is 5.02 Å². The van der Waals surface area contributed by atoms with Crippen molar-refractivity contribution in [1.82, 2.24) is 4.90 Å². The Labute approximate surface area is 206 Å². The van der Waals surface area contributed by atoms with Gasteiger partial charge in [-0.3, -0.25) is 0 Å². The van der Waals surface area contributed by atoms with Crippen LogP contribution in [0, 0.1) is 19.8 Å². The second kappa shape index (κ2) is 11.7. The van der Waals surface area contributed by atoms with E-state index in [0.717, 1.165) is 60.5 Å². The molecule has 2 aromatic carbocycles. The number of hydrogen-bond donors (Lipinski definition) is 0. The van der Waals surface area contributed by atoms with E-state index in [4.69, 9.17) is 11.6 Å². The zero-order valence-electron chi connectivity index (χ0n) is 21.0. The molecule has 1 heterocycles. The number of allylic oxidation sites excluding steroid dienone is 4. The van der Waals surface area contributed by atoms with Gasteiger partial charge >= 0.3 is 0 Å². The van der Waals surface area contributed by atoms with Crippen LogP contribution in [-0.2, 0) is 6.42 Å². The minimum atomic E-state index is 0.681. The lowest BCUT2D eigenvalue weighted by atomic mass is 9.87. The number of likely N-dealkylation sites (tertiary alicyclic amines) is 1. The molecule has 2 heteroatoms. The first-order valence-corrected chi connectivity index (χ1v) is 12.9. The van der Waals surface area contributed by atoms with Crippen molar-refractivity contribution in [2.75, 3.05) is 13.1 Å². The number of aryl methyl sites for hydroxylation is 1. The average Bonchev–Trinajstić information content (AvgIpc) is 3.24. The minimum absolute atomic E-state index is 0.681. The lowest BCUT2D eigenvalue weighted by Crippen LogP contribution is -2.20. The Morgan fingerprint density at radius 2 is 1.82 bits per heavy atom. The zero-order valence-corrected chi connectivity index (χ0v) is 21.8. The zero-order chi connectivity index (χ0) is 24.0. The number of benzene rings is 2. The van der Waals surface area contributed by atoms with Crippen LogP contribution in [0.25, 0.3) is 11.1 Å². The summed E-state index contributed by atoms with van der Waals surface area (Å²) >= 11 is 6.39. The largest absolute Gasteiger partial charge is 0.375 e. The Balaban J connectivity index is 1.89. The first kappa shape index (κ1) is 25.4. The molecule has 0 radical (unpaired) electrons. The molecule has 0 bridgehead atoms. The summed E-state index contributed by atoms with van der Waals surface area (Å²) in [7, 11) is 0. The van der Waals surface area contributed by atoms with Gasteiger partial charge in [0.1, 0.15) is 0 Å². The van der Waals surface area contributed by atoms with E-state index in [1.165, 1.54) is 40.8 Å². The smallest absolute Gasteiger partial charge is 0.0441 e. The van der Waals surface area contributed by atoms with Crippen LogP contribution in [0.4, 0.5) is 0 Å². The van der Waals surface area contributed by atoms with Crippen LogP contribution >= 0.6 is 11.6 Å². The molecule has 1 fully saturated rings. The molecule has 1 aliphatic heterocycles. The summed E-state index contributed by atoms with van der Waals surface area (Å²) in [6.45, 7) is 19.8. The highest BCUT2D eigenvalue weighted by molar-refractivity contribution is 6.31. The third-order valence-corrected chi connectivity index (χ3v) is 7.28. The summed E-state index contributed by atoms with van der Waals surface area (Å²) in [5.74, 6) is 0.681. The van der Waals surface area contributed by atoms with E-state index in [1.807, 2.05) is 12.1 Å². The van der Waals surface area contributed by atoms with Gasteiger partial charge in [0.25, 0.3) is 0 Å². The van der Waals surface area contributed by atoms with Gasteiger partial charge in [0, 0.05) is 23.8 Å². The molecule has 1 nitrogen and oxygen atoms in total. The van der Waals surface area contributed by atoms with Crippen molar-refractivity contribution in [3.8, 4) is 0 Å². The van der Waals surface area contributed by atoms with Gasteiger partial charge < -0.3 is 4.90 Å². The second-order valence-corrected chi connectivity index (χ2v) is 10.0. The van der Waals surface area contributed by atoms with E-state index in [2.05, 4.69) is 76.1 Å². The third kappa shape index (κ3) is 6.42. The molecule has 0 aromatic heterocycles. The predicted molar refractivity (Wildman–Crippen MR) is 147 cm³/mol. The van der Waals surface area contributed by atoms with Gasteiger partial charge in [-0.15, -0.1) is 0 Å². The Hall–Kier alpha value is -2.25. The van der Waals surface area contributed by atoms with E-state index < -0.39 is 0 Å². The van der Waals surface area contributed by atoms with Crippen molar-refractivity contribution in [2.24, 2.45) is 5.92 Å². The molecule has 33 heavy (non-hydrogen) atoms. The van der Waals surface area contributed by atoms with Gasteiger partial charge in [-0.05, 0) is 84.9 Å². The fourth-order valence-corrected chi connectivity index (χ4v) is 5.22. The van der Waals surface area contributed by atoms with Gasteiger partial charge in [0.2, 0.25) is 0 Å². The first-order chi connectivity index (χ1) is 15.8. The Morgan fingerprint density at radius 3 is 2.55 bits per heavy atom. The van der Waals surface area contributed by atoms with Gasteiger partial charge in [-0.25, -0.2) is 0 Å². The number of rotatable bonds is 10. The van der Waals surface area contributed by atoms with Crippen LogP contribution in [0.15, 0.2) is 61.3 Å². The maximum atomic E-state index is 6.39. The molecule has 0 saturated carbocycles. The monoisotopic (exact) mass is 461 g/mol. The third-order valence-electron chi connectivity index (χ3n) is 6.87. The molecule has 1 saturated heterocycles. The molecule has 0 aliphatic carbocycles. The van der Waals surface area contributed by atoms with Crippen LogP contribution in [0.1, 0.15) is 73.8 Å². The molecule has 1 aliphatic rings. The summed E-state index contributed by atoms with van der Waals surface area (Å²) < 4.78 is 0. The summed E-state index contributed by atoms with van der Waals surface area (Å²) in [6, 6.07) is 13.1.